The van der Waals surface area contributed by atoms with Crippen molar-refractivity contribution in [2.45, 2.75) is 12.1 Å². The Morgan fingerprint density at radius 3 is 2.09 bits per heavy atom. The van der Waals surface area contributed by atoms with Crippen molar-refractivity contribution < 1.29 is 19.3 Å². The van der Waals surface area contributed by atoms with Crippen molar-refractivity contribution >= 4 is 35.0 Å². The predicted molar refractivity (Wildman–Crippen MR) is 122 cm³/mol. The van der Waals surface area contributed by atoms with Gasteiger partial charge in [0.1, 0.15) is 5.92 Å². The van der Waals surface area contributed by atoms with Gasteiger partial charge in [0.15, 0.2) is 6.10 Å². The fourth-order valence-electron chi connectivity index (χ4n) is 4.28. The molecule has 2 aliphatic heterocycles. The highest BCUT2D eigenvalue weighted by molar-refractivity contribution is 6.24. The summed E-state index contributed by atoms with van der Waals surface area (Å²) in [7, 11) is 0. The molecule has 2 heterocycles. The molecule has 2 saturated heterocycles. The average Bonchev–Trinajstić information content (AvgIpc) is 3.34. The Bertz CT molecular complexity index is 1250. The Kier molecular flexibility index (Phi) is 5.20. The van der Waals surface area contributed by atoms with E-state index in [1.807, 2.05) is 30.3 Å². The highest BCUT2D eigenvalue weighted by atomic mass is 16.7. The first-order valence-corrected chi connectivity index (χ1v) is 10.4. The molecule has 0 unspecified atom stereocenters. The van der Waals surface area contributed by atoms with E-state index in [2.05, 4.69) is 0 Å². The third-order valence-corrected chi connectivity index (χ3v) is 5.79. The summed E-state index contributed by atoms with van der Waals surface area (Å²) in [6, 6.07) is 23.6. The summed E-state index contributed by atoms with van der Waals surface area (Å²) in [5.74, 6) is -1.59. The maximum absolute atomic E-state index is 13.4. The molecule has 0 radical (unpaired) electrons. The Morgan fingerprint density at radius 1 is 0.818 bits per heavy atom. The number of nitrogens with zero attached hydrogens (tertiary/aromatic N) is 3. The number of amides is 2. The van der Waals surface area contributed by atoms with Gasteiger partial charge in [-0.2, -0.15) is 0 Å². The summed E-state index contributed by atoms with van der Waals surface area (Å²) in [6.07, 6.45) is 2.31. The average molecular weight is 441 g/mol. The molecule has 164 valence electrons. The molecule has 5 rings (SSSR count). The first-order chi connectivity index (χ1) is 16.1. The van der Waals surface area contributed by atoms with Gasteiger partial charge < -0.3 is 0 Å². The van der Waals surface area contributed by atoms with Crippen LogP contribution in [0.15, 0.2) is 91.0 Å². The quantitative estimate of drug-likeness (QED) is 0.338. The number of rotatable bonds is 5. The van der Waals surface area contributed by atoms with E-state index in [4.69, 9.17) is 4.84 Å². The fraction of sp³-hybridized carbons (Fsp3) is 0.120. The molecule has 2 amide bonds. The standard InChI is InChI=1S/C25H19N3O5/c29-24-22-21(16-15-17-9-7-8-14-20(17)28(31)32)27(19-12-5-2-6-13-19)33-23(22)25(30)26(24)18-10-3-1-4-11-18/h1-16,21-23H/b16-15+/t21-,22-,23+/m0/s1. The van der Waals surface area contributed by atoms with E-state index in [0.717, 1.165) is 4.90 Å². The number of nitro benzene ring substituents is 1. The molecule has 3 aromatic rings. The van der Waals surface area contributed by atoms with Crippen molar-refractivity contribution in [2.75, 3.05) is 9.96 Å². The Balaban J connectivity index is 1.55. The minimum Gasteiger partial charge on any atom is -0.273 e. The number of hydrogen-bond donors (Lipinski definition) is 0. The SMILES string of the molecule is O=C1[C@@H]2[C@@H](ON(c3ccccc3)[C@H]2/C=C/c2ccccc2[N+](=O)[O-])C(=O)N1c1ccccc1. The third kappa shape index (κ3) is 3.56. The van der Waals surface area contributed by atoms with Crippen molar-refractivity contribution in [3.8, 4) is 0 Å². The Labute approximate surface area is 189 Å². The highest BCUT2D eigenvalue weighted by Gasteiger charge is 2.59. The van der Waals surface area contributed by atoms with Gasteiger partial charge in [-0.3, -0.25) is 24.5 Å². The van der Waals surface area contributed by atoms with Crippen LogP contribution >= 0.6 is 0 Å². The smallest absolute Gasteiger partial charge is 0.273 e. The molecule has 2 aliphatic rings. The zero-order chi connectivity index (χ0) is 22.9. The molecule has 0 N–H and O–H groups in total. The first-order valence-electron chi connectivity index (χ1n) is 10.4. The lowest BCUT2D eigenvalue weighted by Crippen LogP contribution is -2.39. The molecule has 0 saturated carbocycles. The zero-order valence-corrected chi connectivity index (χ0v) is 17.4. The van der Waals surface area contributed by atoms with Gasteiger partial charge in [-0.1, -0.05) is 54.6 Å². The van der Waals surface area contributed by atoms with Gasteiger partial charge >= 0.3 is 0 Å². The minimum atomic E-state index is -0.988. The second-order valence-electron chi connectivity index (χ2n) is 7.73. The van der Waals surface area contributed by atoms with Crippen molar-refractivity contribution in [3.05, 3.63) is 107 Å². The van der Waals surface area contributed by atoms with Crippen LogP contribution in [0.4, 0.5) is 17.1 Å². The van der Waals surface area contributed by atoms with E-state index in [1.165, 1.54) is 6.07 Å². The zero-order valence-electron chi connectivity index (χ0n) is 17.4. The molecule has 0 bridgehead atoms. The largest absolute Gasteiger partial charge is 0.276 e. The molecule has 33 heavy (non-hydrogen) atoms. The fourth-order valence-corrected chi connectivity index (χ4v) is 4.28. The van der Waals surface area contributed by atoms with Gasteiger partial charge in [0.25, 0.3) is 11.6 Å². The summed E-state index contributed by atoms with van der Waals surface area (Å²) in [5.41, 5.74) is 1.51. The summed E-state index contributed by atoms with van der Waals surface area (Å²) >= 11 is 0. The number of carbonyl (C=O) groups excluding carboxylic acids is 2. The van der Waals surface area contributed by atoms with Crippen LogP contribution in [0.25, 0.3) is 6.08 Å². The molecule has 2 fully saturated rings. The van der Waals surface area contributed by atoms with Crippen LogP contribution in [0.2, 0.25) is 0 Å². The molecular formula is C25H19N3O5. The van der Waals surface area contributed by atoms with Crippen LogP contribution < -0.4 is 9.96 Å². The predicted octanol–water partition coefficient (Wildman–Crippen LogP) is 3.99. The summed E-state index contributed by atoms with van der Waals surface area (Å²) < 4.78 is 0. The summed E-state index contributed by atoms with van der Waals surface area (Å²) in [4.78, 5) is 44.7. The molecule has 8 heteroatoms. The number of carbonyl (C=O) groups is 2. The number of fused-ring (bicyclic) bond motifs is 1. The first kappa shape index (κ1) is 20.6. The Hall–Kier alpha value is -4.30. The van der Waals surface area contributed by atoms with Crippen LogP contribution in [0.5, 0.6) is 0 Å². The number of nitro groups is 1. The number of imide groups is 1. The molecular weight excluding hydrogens is 422 g/mol. The number of hydroxylamine groups is 1. The summed E-state index contributed by atoms with van der Waals surface area (Å²) in [5, 5.41) is 13.0. The molecule has 0 aliphatic carbocycles. The van der Waals surface area contributed by atoms with Gasteiger partial charge in [-0.15, -0.1) is 0 Å². The molecule has 3 atom stereocenters. The second-order valence-corrected chi connectivity index (χ2v) is 7.73. The summed E-state index contributed by atoms with van der Waals surface area (Å²) in [6.45, 7) is 0. The van der Waals surface area contributed by atoms with Gasteiger partial charge in [-0.05, 0) is 36.4 Å². The lowest BCUT2D eigenvalue weighted by atomic mass is 9.95. The van der Waals surface area contributed by atoms with Gasteiger partial charge in [0.05, 0.1) is 27.9 Å². The number of para-hydroxylation sites is 3. The maximum Gasteiger partial charge on any atom is 0.276 e. The van der Waals surface area contributed by atoms with Crippen molar-refractivity contribution in [1.82, 2.24) is 0 Å². The second kappa shape index (κ2) is 8.33. The van der Waals surface area contributed by atoms with Gasteiger partial charge in [0, 0.05) is 6.07 Å². The Morgan fingerprint density at radius 2 is 1.42 bits per heavy atom. The van der Waals surface area contributed by atoms with Crippen LogP contribution in [0.1, 0.15) is 5.56 Å². The van der Waals surface area contributed by atoms with E-state index in [1.54, 1.807) is 65.7 Å². The van der Waals surface area contributed by atoms with Gasteiger partial charge in [0.2, 0.25) is 5.91 Å². The van der Waals surface area contributed by atoms with E-state index in [0.29, 0.717) is 16.9 Å². The van der Waals surface area contributed by atoms with Crippen LogP contribution in [0.3, 0.4) is 0 Å². The topological polar surface area (TPSA) is 93.0 Å². The lowest BCUT2D eigenvalue weighted by Gasteiger charge is -2.26. The number of anilines is 2. The van der Waals surface area contributed by atoms with E-state index >= 15 is 0 Å². The molecule has 8 nitrogen and oxygen atoms in total. The minimum absolute atomic E-state index is 0.0461. The van der Waals surface area contributed by atoms with Crippen LogP contribution in [-0.2, 0) is 14.4 Å². The monoisotopic (exact) mass is 441 g/mol. The third-order valence-electron chi connectivity index (χ3n) is 5.79. The van der Waals surface area contributed by atoms with E-state index < -0.39 is 28.9 Å². The van der Waals surface area contributed by atoms with Gasteiger partial charge in [-0.25, -0.2) is 9.96 Å². The molecule has 0 spiro atoms. The van der Waals surface area contributed by atoms with E-state index in [-0.39, 0.29) is 11.6 Å². The van der Waals surface area contributed by atoms with Crippen LogP contribution in [-0.4, -0.2) is 28.9 Å². The lowest BCUT2D eigenvalue weighted by molar-refractivity contribution is -0.385. The van der Waals surface area contributed by atoms with Crippen molar-refractivity contribution in [2.24, 2.45) is 5.92 Å². The van der Waals surface area contributed by atoms with Crippen molar-refractivity contribution in [1.29, 1.82) is 0 Å². The number of benzene rings is 3. The molecule has 0 aromatic heterocycles. The molecule has 3 aromatic carbocycles. The maximum atomic E-state index is 13.4. The normalized spacial score (nSPS) is 22.2. The van der Waals surface area contributed by atoms with E-state index in [9.17, 15) is 19.7 Å². The highest BCUT2D eigenvalue weighted by Crippen LogP contribution is 2.41. The number of hydrogen-bond acceptors (Lipinski definition) is 6. The van der Waals surface area contributed by atoms with Crippen molar-refractivity contribution in [3.63, 3.8) is 0 Å². The van der Waals surface area contributed by atoms with Crippen LogP contribution in [0, 0.1) is 16.0 Å².